The van der Waals surface area contributed by atoms with Crippen LogP contribution >= 0.6 is 24.2 Å². The molecular weight excluding hydrogens is 378 g/mol. The Balaban J connectivity index is 0.00000261. The second-order valence-electron chi connectivity index (χ2n) is 6.57. The van der Waals surface area contributed by atoms with Crippen LogP contribution in [0.25, 0.3) is 0 Å². The van der Waals surface area contributed by atoms with E-state index >= 15 is 0 Å². The molecule has 0 amide bonds. The van der Waals surface area contributed by atoms with Crippen LogP contribution < -0.4 is 4.90 Å². The van der Waals surface area contributed by atoms with Gasteiger partial charge in [0.15, 0.2) is 5.16 Å². The molecule has 1 aromatic heterocycles. The quantitative estimate of drug-likeness (QED) is 0.537. The maximum absolute atomic E-state index is 8.90. The first-order valence-electron chi connectivity index (χ1n) is 9.09. The largest absolute Gasteiger partial charge is 0.356 e. The number of benzene rings is 1. The molecule has 0 radical (unpaired) electrons. The van der Waals surface area contributed by atoms with E-state index in [0.717, 1.165) is 54.8 Å². The first-order chi connectivity index (χ1) is 12.7. The summed E-state index contributed by atoms with van der Waals surface area (Å²) in [7, 11) is 2.19. The first-order valence-corrected chi connectivity index (χ1v) is 10.1. The van der Waals surface area contributed by atoms with Crippen molar-refractivity contribution in [2.24, 2.45) is 0 Å². The van der Waals surface area contributed by atoms with Crippen molar-refractivity contribution in [3.8, 4) is 6.07 Å². The SMILES string of the molecule is CCSc1nccc(N2CCC(N(C)Cc3ccc(C#N)cc3)CC2)n1.Cl. The van der Waals surface area contributed by atoms with Crippen molar-refractivity contribution >= 4 is 30.0 Å². The number of piperidine rings is 1. The van der Waals surface area contributed by atoms with Gasteiger partial charge in [-0.1, -0.05) is 30.8 Å². The zero-order valence-electron chi connectivity index (χ0n) is 15.8. The van der Waals surface area contributed by atoms with Gasteiger partial charge in [-0.25, -0.2) is 9.97 Å². The van der Waals surface area contributed by atoms with E-state index in [1.54, 1.807) is 11.8 Å². The second-order valence-corrected chi connectivity index (χ2v) is 7.80. The molecule has 3 rings (SSSR count). The average Bonchev–Trinajstić information content (AvgIpc) is 2.69. The molecule has 7 heteroatoms. The van der Waals surface area contributed by atoms with Gasteiger partial charge >= 0.3 is 0 Å². The molecule has 0 N–H and O–H groups in total. The lowest BCUT2D eigenvalue weighted by Gasteiger charge is -2.37. The highest BCUT2D eigenvalue weighted by atomic mass is 35.5. The van der Waals surface area contributed by atoms with Crippen molar-refractivity contribution in [2.45, 2.75) is 37.5 Å². The molecule has 0 bridgehead atoms. The van der Waals surface area contributed by atoms with Gasteiger partial charge in [0.2, 0.25) is 0 Å². The summed E-state index contributed by atoms with van der Waals surface area (Å²) < 4.78 is 0. The van der Waals surface area contributed by atoms with Crippen LogP contribution in [0.15, 0.2) is 41.7 Å². The van der Waals surface area contributed by atoms with Crippen molar-refractivity contribution in [1.82, 2.24) is 14.9 Å². The normalized spacial score (nSPS) is 14.7. The maximum atomic E-state index is 8.90. The van der Waals surface area contributed by atoms with Crippen molar-refractivity contribution in [1.29, 1.82) is 5.26 Å². The van der Waals surface area contributed by atoms with E-state index in [1.165, 1.54) is 5.56 Å². The number of rotatable bonds is 6. The molecule has 1 aromatic carbocycles. The topological polar surface area (TPSA) is 56.1 Å². The molecule has 1 aliphatic heterocycles. The monoisotopic (exact) mass is 403 g/mol. The lowest BCUT2D eigenvalue weighted by molar-refractivity contribution is 0.200. The fraction of sp³-hybridized carbons (Fsp3) is 0.450. The van der Waals surface area contributed by atoms with Gasteiger partial charge in [-0.05, 0) is 49.4 Å². The molecule has 0 unspecified atom stereocenters. The molecule has 0 atom stereocenters. The van der Waals surface area contributed by atoms with E-state index in [0.29, 0.717) is 6.04 Å². The number of halogens is 1. The number of nitriles is 1. The molecule has 0 aliphatic carbocycles. The van der Waals surface area contributed by atoms with Crippen LogP contribution in [-0.4, -0.2) is 46.8 Å². The highest BCUT2D eigenvalue weighted by Crippen LogP contribution is 2.23. The van der Waals surface area contributed by atoms with E-state index in [9.17, 15) is 0 Å². The second kappa shape index (κ2) is 10.5. The molecule has 1 fully saturated rings. The first kappa shape index (κ1) is 21.5. The lowest BCUT2D eigenvalue weighted by atomic mass is 10.0. The number of thioether (sulfide) groups is 1. The molecular formula is C20H26ClN5S. The van der Waals surface area contributed by atoms with Crippen LogP contribution in [0.1, 0.15) is 30.9 Å². The summed E-state index contributed by atoms with van der Waals surface area (Å²) >= 11 is 1.69. The molecule has 5 nitrogen and oxygen atoms in total. The number of hydrogen-bond acceptors (Lipinski definition) is 6. The van der Waals surface area contributed by atoms with Gasteiger partial charge in [0, 0.05) is 31.9 Å². The summed E-state index contributed by atoms with van der Waals surface area (Å²) in [5.74, 6) is 2.04. The van der Waals surface area contributed by atoms with Gasteiger partial charge in [0.1, 0.15) is 5.82 Å². The Morgan fingerprint density at radius 1 is 1.22 bits per heavy atom. The number of anilines is 1. The van der Waals surface area contributed by atoms with E-state index < -0.39 is 0 Å². The standard InChI is InChI=1S/C20H25N5S.ClH/c1-3-26-20-22-11-8-19(23-20)25-12-9-18(10-13-25)24(2)15-17-6-4-16(14-21)5-7-17;/h4-8,11,18H,3,9-10,12-13,15H2,1-2H3;1H. The molecule has 144 valence electrons. The summed E-state index contributed by atoms with van der Waals surface area (Å²) in [6.07, 6.45) is 4.13. The fourth-order valence-electron chi connectivity index (χ4n) is 3.34. The Morgan fingerprint density at radius 3 is 2.56 bits per heavy atom. The summed E-state index contributed by atoms with van der Waals surface area (Å²) in [4.78, 5) is 13.8. The Hall–Kier alpha value is -1.81. The van der Waals surface area contributed by atoms with E-state index in [-0.39, 0.29) is 12.4 Å². The minimum Gasteiger partial charge on any atom is -0.356 e. The molecule has 0 saturated carbocycles. The van der Waals surface area contributed by atoms with E-state index in [1.807, 2.05) is 24.4 Å². The number of nitrogens with zero attached hydrogens (tertiary/aromatic N) is 5. The van der Waals surface area contributed by atoms with Crippen LogP contribution in [0.5, 0.6) is 0 Å². The van der Waals surface area contributed by atoms with Crippen molar-refractivity contribution in [3.63, 3.8) is 0 Å². The van der Waals surface area contributed by atoms with Crippen LogP contribution in [0.2, 0.25) is 0 Å². The summed E-state index contributed by atoms with van der Waals surface area (Å²) in [5, 5.41) is 9.77. The molecule has 27 heavy (non-hydrogen) atoms. The molecule has 1 saturated heterocycles. The molecule has 1 aliphatic rings. The van der Waals surface area contributed by atoms with Crippen LogP contribution in [-0.2, 0) is 6.54 Å². The maximum Gasteiger partial charge on any atom is 0.189 e. The third kappa shape index (κ3) is 5.83. The highest BCUT2D eigenvalue weighted by molar-refractivity contribution is 7.99. The van der Waals surface area contributed by atoms with Gasteiger partial charge in [-0.3, -0.25) is 4.90 Å². The van der Waals surface area contributed by atoms with Crippen molar-refractivity contribution < 1.29 is 0 Å². The third-order valence-electron chi connectivity index (χ3n) is 4.82. The minimum absolute atomic E-state index is 0. The Kier molecular flexibility index (Phi) is 8.36. The molecule has 2 heterocycles. The zero-order chi connectivity index (χ0) is 18.4. The van der Waals surface area contributed by atoms with Crippen molar-refractivity contribution in [2.75, 3.05) is 30.8 Å². The Morgan fingerprint density at radius 2 is 1.93 bits per heavy atom. The molecule has 0 spiro atoms. The van der Waals surface area contributed by atoms with E-state index in [4.69, 9.17) is 5.26 Å². The van der Waals surface area contributed by atoms with Gasteiger partial charge in [-0.15, -0.1) is 12.4 Å². The number of hydrogen-bond donors (Lipinski definition) is 0. The van der Waals surface area contributed by atoms with Crippen LogP contribution in [0, 0.1) is 11.3 Å². The summed E-state index contributed by atoms with van der Waals surface area (Å²) in [6.45, 7) is 5.09. The third-order valence-corrected chi connectivity index (χ3v) is 5.56. The molecule has 2 aromatic rings. The Labute approximate surface area is 172 Å². The lowest BCUT2D eigenvalue weighted by Crippen LogP contribution is -2.43. The van der Waals surface area contributed by atoms with Gasteiger partial charge < -0.3 is 4.90 Å². The predicted octanol–water partition coefficient (Wildman–Crippen LogP) is 3.98. The van der Waals surface area contributed by atoms with Crippen molar-refractivity contribution in [3.05, 3.63) is 47.7 Å². The van der Waals surface area contributed by atoms with Gasteiger partial charge in [0.25, 0.3) is 0 Å². The van der Waals surface area contributed by atoms with Crippen LogP contribution in [0.3, 0.4) is 0 Å². The minimum atomic E-state index is 0. The summed E-state index contributed by atoms with van der Waals surface area (Å²) in [6, 6.07) is 12.7. The van der Waals surface area contributed by atoms with E-state index in [2.05, 4.69) is 51.9 Å². The van der Waals surface area contributed by atoms with Gasteiger partial charge in [-0.2, -0.15) is 5.26 Å². The fourth-order valence-corrected chi connectivity index (χ4v) is 3.90. The zero-order valence-corrected chi connectivity index (χ0v) is 17.5. The predicted molar refractivity (Wildman–Crippen MR) is 114 cm³/mol. The average molecular weight is 404 g/mol. The Bertz CT molecular complexity index is 754. The van der Waals surface area contributed by atoms with Crippen LogP contribution in [0.4, 0.5) is 5.82 Å². The smallest absolute Gasteiger partial charge is 0.189 e. The summed E-state index contributed by atoms with van der Waals surface area (Å²) in [5.41, 5.74) is 1.97. The van der Waals surface area contributed by atoms with Gasteiger partial charge in [0.05, 0.1) is 11.6 Å². The highest BCUT2D eigenvalue weighted by Gasteiger charge is 2.23. The number of aromatic nitrogens is 2.